The van der Waals surface area contributed by atoms with Crippen molar-refractivity contribution in [3.63, 3.8) is 0 Å². The Hall–Kier alpha value is -1.69. The molecule has 1 amide bonds. The number of hydrogen-bond acceptors (Lipinski definition) is 4. The smallest absolute Gasteiger partial charge is 0.326 e. The maximum absolute atomic E-state index is 12.2. The summed E-state index contributed by atoms with van der Waals surface area (Å²) in [7, 11) is 0. The molecule has 21 heavy (non-hydrogen) atoms. The number of carbonyl (C=O) groups excluding carboxylic acids is 1. The van der Waals surface area contributed by atoms with E-state index in [-0.39, 0.29) is 0 Å². The highest BCUT2D eigenvalue weighted by atomic mass is 32.2. The maximum atomic E-state index is 12.2. The Morgan fingerprint density at radius 3 is 2.71 bits per heavy atom. The lowest BCUT2D eigenvalue weighted by Gasteiger charge is -2.16. The number of nitrogens with one attached hydrogen (secondary N) is 1. The molecule has 0 unspecified atom stereocenters. The molecule has 0 saturated heterocycles. The number of para-hydroxylation sites is 1. The fraction of sp³-hybridized carbons (Fsp3) is 0.467. The molecule has 2 N–H and O–H groups in total. The minimum absolute atomic E-state index is 0.362. The van der Waals surface area contributed by atoms with Gasteiger partial charge >= 0.3 is 5.97 Å². The molecule has 6 heteroatoms. The highest BCUT2D eigenvalue weighted by molar-refractivity contribution is 7.98. The van der Waals surface area contributed by atoms with Crippen LogP contribution >= 0.6 is 11.8 Å². The van der Waals surface area contributed by atoms with Crippen LogP contribution in [0.1, 0.15) is 30.1 Å². The first-order chi connectivity index (χ1) is 10.1. The van der Waals surface area contributed by atoms with Crippen LogP contribution in [0.25, 0.3) is 0 Å². The van der Waals surface area contributed by atoms with Gasteiger partial charge in [-0.1, -0.05) is 19.1 Å². The minimum atomic E-state index is -1.02. The average molecular weight is 311 g/mol. The molecular weight excluding hydrogens is 290 g/mol. The van der Waals surface area contributed by atoms with E-state index < -0.39 is 17.9 Å². The summed E-state index contributed by atoms with van der Waals surface area (Å²) in [6.45, 7) is 2.49. The molecule has 1 aromatic carbocycles. The third kappa shape index (κ3) is 5.67. The molecule has 116 valence electrons. The number of rotatable bonds is 9. The molecule has 0 aliphatic rings. The van der Waals surface area contributed by atoms with Gasteiger partial charge in [0, 0.05) is 0 Å². The molecule has 1 aromatic rings. The summed E-state index contributed by atoms with van der Waals surface area (Å²) in [5, 5.41) is 11.7. The first-order valence-corrected chi connectivity index (χ1v) is 8.24. The molecule has 0 bridgehead atoms. The van der Waals surface area contributed by atoms with Crippen molar-refractivity contribution >= 4 is 23.6 Å². The Morgan fingerprint density at radius 1 is 1.38 bits per heavy atom. The number of carboxylic acid groups (broad SMARTS) is 1. The van der Waals surface area contributed by atoms with Gasteiger partial charge in [0.25, 0.3) is 5.91 Å². The number of hydrogen-bond donors (Lipinski definition) is 2. The summed E-state index contributed by atoms with van der Waals surface area (Å²) in [5.74, 6) is -0.295. The fourth-order valence-corrected chi connectivity index (χ4v) is 2.19. The number of amides is 1. The lowest BCUT2D eigenvalue weighted by Crippen LogP contribution is -2.41. The molecule has 0 radical (unpaired) electrons. The van der Waals surface area contributed by atoms with Gasteiger partial charge in [-0.3, -0.25) is 4.79 Å². The fourth-order valence-electron chi connectivity index (χ4n) is 1.72. The van der Waals surface area contributed by atoms with Crippen LogP contribution in [0, 0.1) is 0 Å². The molecule has 1 atom stereocenters. The summed E-state index contributed by atoms with van der Waals surface area (Å²) in [6.07, 6.45) is 3.12. The maximum Gasteiger partial charge on any atom is 0.326 e. The Kier molecular flexibility index (Phi) is 7.68. The number of carbonyl (C=O) groups is 2. The molecule has 0 aromatic heterocycles. The summed E-state index contributed by atoms with van der Waals surface area (Å²) < 4.78 is 5.52. The van der Waals surface area contributed by atoms with E-state index in [1.165, 1.54) is 0 Å². The Balaban J connectivity index is 2.79. The molecule has 0 heterocycles. The van der Waals surface area contributed by atoms with Gasteiger partial charge in [-0.2, -0.15) is 11.8 Å². The van der Waals surface area contributed by atoms with Gasteiger partial charge in [-0.05, 0) is 37.0 Å². The number of thioether (sulfide) groups is 1. The third-order valence-corrected chi connectivity index (χ3v) is 3.45. The number of carboxylic acids is 1. The normalized spacial score (nSPS) is 11.7. The SMILES string of the molecule is CCCOc1ccccc1C(=O)N[C@@H](CCSC)C(=O)O. The molecule has 0 saturated carbocycles. The van der Waals surface area contributed by atoms with Crippen LogP contribution in [0.2, 0.25) is 0 Å². The molecule has 0 aliphatic carbocycles. The van der Waals surface area contributed by atoms with Crippen molar-refractivity contribution in [2.45, 2.75) is 25.8 Å². The summed E-state index contributed by atoms with van der Waals surface area (Å²) in [5.41, 5.74) is 0.362. The van der Waals surface area contributed by atoms with E-state index in [1.807, 2.05) is 13.2 Å². The van der Waals surface area contributed by atoms with Gasteiger partial charge in [0.1, 0.15) is 11.8 Å². The second kappa shape index (κ2) is 9.28. The van der Waals surface area contributed by atoms with E-state index in [0.29, 0.717) is 30.1 Å². The van der Waals surface area contributed by atoms with Crippen LogP contribution in [0.15, 0.2) is 24.3 Å². The van der Waals surface area contributed by atoms with Crippen molar-refractivity contribution < 1.29 is 19.4 Å². The zero-order valence-corrected chi connectivity index (χ0v) is 13.1. The Morgan fingerprint density at radius 2 is 2.10 bits per heavy atom. The monoisotopic (exact) mass is 311 g/mol. The summed E-state index contributed by atoms with van der Waals surface area (Å²) >= 11 is 1.55. The van der Waals surface area contributed by atoms with Crippen molar-refractivity contribution in [1.82, 2.24) is 5.32 Å². The third-order valence-electron chi connectivity index (χ3n) is 2.81. The van der Waals surface area contributed by atoms with Gasteiger partial charge in [0.2, 0.25) is 0 Å². The molecular formula is C15H21NO4S. The van der Waals surface area contributed by atoms with Crippen LogP contribution in [0.3, 0.4) is 0 Å². The predicted molar refractivity (Wildman–Crippen MR) is 84.1 cm³/mol. The van der Waals surface area contributed by atoms with E-state index in [2.05, 4.69) is 5.32 Å². The Labute approximate surface area is 129 Å². The van der Waals surface area contributed by atoms with E-state index in [1.54, 1.807) is 36.0 Å². The van der Waals surface area contributed by atoms with E-state index >= 15 is 0 Å². The summed E-state index contributed by atoms with van der Waals surface area (Å²) in [4.78, 5) is 23.4. The molecule has 1 rings (SSSR count). The van der Waals surface area contributed by atoms with Crippen molar-refractivity contribution in [2.75, 3.05) is 18.6 Å². The lowest BCUT2D eigenvalue weighted by molar-refractivity contribution is -0.139. The van der Waals surface area contributed by atoms with Gasteiger partial charge in [0.05, 0.1) is 12.2 Å². The number of ether oxygens (including phenoxy) is 1. The van der Waals surface area contributed by atoms with Crippen LogP contribution in [-0.2, 0) is 4.79 Å². The number of aliphatic carboxylic acids is 1. The molecule has 5 nitrogen and oxygen atoms in total. The van der Waals surface area contributed by atoms with Crippen LogP contribution < -0.4 is 10.1 Å². The van der Waals surface area contributed by atoms with E-state index in [9.17, 15) is 9.59 Å². The van der Waals surface area contributed by atoms with Crippen LogP contribution in [0.5, 0.6) is 5.75 Å². The zero-order valence-electron chi connectivity index (χ0n) is 12.3. The van der Waals surface area contributed by atoms with Crippen molar-refractivity contribution in [1.29, 1.82) is 0 Å². The zero-order chi connectivity index (χ0) is 15.7. The first kappa shape index (κ1) is 17.4. The van der Waals surface area contributed by atoms with Crippen molar-refractivity contribution in [2.24, 2.45) is 0 Å². The van der Waals surface area contributed by atoms with Gasteiger partial charge < -0.3 is 15.2 Å². The average Bonchev–Trinajstić information content (AvgIpc) is 2.49. The largest absolute Gasteiger partial charge is 0.493 e. The first-order valence-electron chi connectivity index (χ1n) is 6.84. The van der Waals surface area contributed by atoms with Gasteiger partial charge in [-0.15, -0.1) is 0 Å². The molecule has 0 fully saturated rings. The second-order valence-electron chi connectivity index (χ2n) is 4.49. The van der Waals surface area contributed by atoms with Crippen molar-refractivity contribution in [3.05, 3.63) is 29.8 Å². The molecule has 0 spiro atoms. The number of benzene rings is 1. The Bertz CT molecular complexity index is 478. The van der Waals surface area contributed by atoms with Crippen molar-refractivity contribution in [3.8, 4) is 5.75 Å². The van der Waals surface area contributed by atoms with E-state index in [4.69, 9.17) is 9.84 Å². The van der Waals surface area contributed by atoms with Crippen LogP contribution in [-0.4, -0.2) is 41.6 Å². The predicted octanol–water partition coefficient (Wildman–Crippen LogP) is 2.41. The second-order valence-corrected chi connectivity index (χ2v) is 5.48. The topological polar surface area (TPSA) is 75.6 Å². The molecule has 0 aliphatic heterocycles. The van der Waals surface area contributed by atoms with E-state index in [0.717, 1.165) is 6.42 Å². The highest BCUT2D eigenvalue weighted by Gasteiger charge is 2.21. The minimum Gasteiger partial charge on any atom is -0.493 e. The standard InChI is InChI=1S/C15H21NO4S/c1-3-9-20-13-7-5-4-6-11(13)14(17)16-12(15(18)19)8-10-21-2/h4-7,12H,3,8-10H2,1-2H3,(H,16,17)(H,18,19)/t12-/m0/s1. The van der Waals surface area contributed by atoms with Gasteiger partial charge in [0.15, 0.2) is 0 Å². The summed E-state index contributed by atoms with van der Waals surface area (Å²) in [6, 6.07) is 5.97. The van der Waals surface area contributed by atoms with Crippen LogP contribution in [0.4, 0.5) is 0 Å². The lowest BCUT2D eigenvalue weighted by atomic mass is 10.1. The van der Waals surface area contributed by atoms with Gasteiger partial charge in [-0.25, -0.2) is 4.79 Å². The highest BCUT2D eigenvalue weighted by Crippen LogP contribution is 2.18. The quantitative estimate of drug-likeness (QED) is 0.732.